The molecule has 4 heteroatoms. The van der Waals surface area contributed by atoms with Gasteiger partial charge in [-0.2, -0.15) is 4.98 Å². The van der Waals surface area contributed by atoms with Gasteiger partial charge in [0, 0.05) is 25.2 Å². The Balaban J connectivity index is 1.60. The van der Waals surface area contributed by atoms with E-state index in [-0.39, 0.29) is 0 Å². The minimum atomic E-state index is 0.674. The fraction of sp³-hybridized carbons (Fsp3) is 0.750. The molecule has 0 aliphatic heterocycles. The molecular weight excluding hydrogens is 202 g/mol. The number of aromatic nitrogens is 1. The number of anilines is 1. The molecule has 0 aromatic carbocycles. The molecule has 88 valence electrons. The molecule has 0 bridgehead atoms. The lowest BCUT2D eigenvalue weighted by Crippen LogP contribution is -2.25. The van der Waals surface area contributed by atoms with E-state index in [4.69, 9.17) is 4.42 Å². The summed E-state index contributed by atoms with van der Waals surface area (Å²) in [5.74, 6) is 0. The summed E-state index contributed by atoms with van der Waals surface area (Å²) in [6, 6.07) is 2.20. The molecule has 1 heterocycles. The highest BCUT2D eigenvalue weighted by molar-refractivity contribution is 5.31. The SMILES string of the molecule is CCN(c1nc(CNC2CC2)co1)C1CC1. The van der Waals surface area contributed by atoms with Crippen molar-refractivity contribution in [3.8, 4) is 0 Å². The Hall–Kier alpha value is -1.03. The van der Waals surface area contributed by atoms with E-state index in [0.717, 1.165) is 30.8 Å². The minimum Gasteiger partial charge on any atom is -0.432 e. The van der Waals surface area contributed by atoms with Crippen LogP contribution in [0.15, 0.2) is 10.7 Å². The van der Waals surface area contributed by atoms with Gasteiger partial charge in [0.25, 0.3) is 6.01 Å². The van der Waals surface area contributed by atoms with Gasteiger partial charge in [0.15, 0.2) is 0 Å². The van der Waals surface area contributed by atoms with Crippen LogP contribution >= 0.6 is 0 Å². The third kappa shape index (κ3) is 2.21. The summed E-state index contributed by atoms with van der Waals surface area (Å²) >= 11 is 0. The van der Waals surface area contributed by atoms with Crippen molar-refractivity contribution in [3.63, 3.8) is 0 Å². The molecule has 1 N–H and O–H groups in total. The van der Waals surface area contributed by atoms with Gasteiger partial charge in [-0.1, -0.05) is 0 Å². The standard InChI is InChI=1S/C12H19N3O/c1-2-15(11-5-6-11)12-14-10(8-16-12)7-13-9-3-4-9/h8-9,11,13H,2-7H2,1H3. The van der Waals surface area contributed by atoms with Gasteiger partial charge >= 0.3 is 0 Å². The number of oxazole rings is 1. The van der Waals surface area contributed by atoms with Crippen LogP contribution in [-0.4, -0.2) is 23.6 Å². The third-order valence-corrected chi connectivity index (χ3v) is 3.26. The summed E-state index contributed by atoms with van der Waals surface area (Å²) in [6.07, 6.45) is 6.98. The number of rotatable bonds is 6. The second-order valence-corrected chi connectivity index (χ2v) is 4.79. The first-order chi connectivity index (χ1) is 7.86. The molecule has 1 aromatic rings. The summed E-state index contributed by atoms with van der Waals surface area (Å²) in [4.78, 5) is 6.80. The second-order valence-electron chi connectivity index (χ2n) is 4.79. The molecule has 2 fully saturated rings. The van der Waals surface area contributed by atoms with Gasteiger partial charge in [-0.15, -0.1) is 0 Å². The molecule has 0 amide bonds. The number of nitrogens with one attached hydrogen (secondary N) is 1. The van der Waals surface area contributed by atoms with Crippen LogP contribution in [0, 0.1) is 0 Å². The zero-order valence-corrected chi connectivity index (χ0v) is 9.78. The molecule has 2 aliphatic rings. The normalized spacial score (nSPS) is 20.1. The van der Waals surface area contributed by atoms with Crippen LogP contribution in [0.4, 0.5) is 6.01 Å². The second kappa shape index (κ2) is 4.09. The first-order valence-corrected chi connectivity index (χ1v) is 6.31. The lowest BCUT2D eigenvalue weighted by molar-refractivity contribution is 0.532. The Bertz CT molecular complexity index is 355. The lowest BCUT2D eigenvalue weighted by atomic mass is 10.4. The van der Waals surface area contributed by atoms with Crippen molar-refractivity contribution in [3.05, 3.63) is 12.0 Å². The zero-order valence-electron chi connectivity index (χ0n) is 9.78. The van der Waals surface area contributed by atoms with Crippen LogP contribution in [0.1, 0.15) is 38.3 Å². The molecule has 0 saturated heterocycles. The Morgan fingerprint density at radius 1 is 1.44 bits per heavy atom. The fourth-order valence-electron chi connectivity index (χ4n) is 1.98. The number of hydrogen-bond acceptors (Lipinski definition) is 4. The van der Waals surface area contributed by atoms with Crippen molar-refractivity contribution < 1.29 is 4.42 Å². The van der Waals surface area contributed by atoms with E-state index < -0.39 is 0 Å². The highest BCUT2D eigenvalue weighted by Crippen LogP contribution is 2.30. The van der Waals surface area contributed by atoms with Gasteiger partial charge in [0.2, 0.25) is 0 Å². The van der Waals surface area contributed by atoms with Crippen molar-refractivity contribution in [2.24, 2.45) is 0 Å². The smallest absolute Gasteiger partial charge is 0.297 e. The first kappa shape index (κ1) is 10.1. The maximum absolute atomic E-state index is 5.55. The molecule has 0 atom stereocenters. The molecule has 0 unspecified atom stereocenters. The predicted octanol–water partition coefficient (Wildman–Crippen LogP) is 1.92. The highest BCUT2D eigenvalue weighted by Gasteiger charge is 2.30. The maximum atomic E-state index is 5.55. The summed E-state index contributed by atoms with van der Waals surface area (Å²) in [5.41, 5.74) is 1.03. The fourth-order valence-corrected chi connectivity index (χ4v) is 1.98. The average Bonchev–Trinajstić information content (AvgIpc) is 3.18. The average molecular weight is 221 g/mol. The van der Waals surface area contributed by atoms with Gasteiger partial charge in [0.05, 0.1) is 5.69 Å². The molecule has 16 heavy (non-hydrogen) atoms. The third-order valence-electron chi connectivity index (χ3n) is 3.26. The molecule has 3 rings (SSSR count). The van der Waals surface area contributed by atoms with Gasteiger partial charge in [-0.25, -0.2) is 0 Å². The molecule has 0 radical (unpaired) electrons. The van der Waals surface area contributed by atoms with E-state index in [1.165, 1.54) is 25.7 Å². The quantitative estimate of drug-likeness (QED) is 0.796. The Morgan fingerprint density at radius 2 is 2.25 bits per heavy atom. The largest absolute Gasteiger partial charge is 0.432 e. The molecule has 4 nitrogen and oxygen atoms in total. The summed E-state index contributed by atoms with van der Waals surface area (Å²) in [7, 11) is 0. The van der Waals surface area contributed by atoms with E-state index in [2.05, 4.69) is 22.1 Å². The van der Waals surface area contributed by atoms with Crippen LogP contribution in [0.5, 0.6) is 0 Å². The van der Waals surface area contributed by atoms with E-state index in [1.54, 1.807) is 6.26 Å². The number of nitrogens with zero attached hydrogens (tertiary/aromatic N) is 2. The van der Waals surface area contributed by atoms with Crippen LogP contribution in [-0.2, 0) is 6.54 Å². The lowest BCUT2D eigenvalue weighted by Gasteiger charge is -2.16. The van der Waals surface area contributed by atoms with Crippen LogP contribution < -0.4 is 10.2 Å². The molecule has 1 aromatic heterocycles. The molecule has 2 saturated carbocycles. The molecule has 2 aliphatic carbocycles. The van der Waals surface area contributed by atoms with E-state index in [9.17, 15) is 0 Å². The van der Waals surface area contributed by atoms with Crippen molar-refractivity contribution in [1.82, 2.24) is 10.3 Å². The summed E-state index contributed by atoms with van der Waals surface area (Å²) < 4.78 is 5.55. The Morgan fingerprint density at radius 3 is 2.88 bits per heavy atom. The highest BCUT2D eigenvalue weighted by atomic mass is 16.4. The van der Waals surface area contributed by atoms with Crippen LogP contribution in [0.2, 0.25) is 0 Å². The molecule has 0 spiro atoms. The van der Waals surface area contributed by atoms with E-state index in [0.29, 0.717) is 6.04 Å². The summed E-state index contributed by atoms with van der Waals surface area (Å²) in [5, 5.41) is 3.45. The predicted molar refractivity (Wildman–Crippen MR) is 62.4 cm³/mol. The van der Waals surface area contributed by atoms with Crippen molar-refractivity contribution in [1.29, 1.82) is 0 Å². The molecular formula is C12H19N3O. The number of hydrogen-bond donors (Lipinski definition) is 1. The van der Waals surface area contributed by atoms with Crippen LogP contribution in [0.3, 0.4) is 0 Å². The zero-order chi connectivity index (χ0) is 11.0. The first-order valence-electron chi connectivity index (χ1n) is 6.31. The van der Waals surface area contributed by atoms with Gasteiger partial charge in [0.1, 0.15) is 6.26 Å². The van der Waals surface area contributed by atoms with E-state index >= 15 is 0 Å². The maximum Gasteiger partial charge on any atom is 0.297 e. The Labute approximate surface area is 96.0 Å². The van der Waals surface area contributed by atoms with Crippen molar-refractivity contribution in [2.45, 2.75) is 51.2 Å². The Kier molecular flexibility index (Phi) is 2.59. The minimum absolute atomic E-state index is 0.674. The van der Waals surface area contributed by atoms with E-state index in [1.807, 2.05) is 0 Å². The monoisotopic (exact) mass is 221 g/mol. The van der Waals surface area contributed by atoms with Gasteiger partial charge in [-0.05, 0) is 32.6 Å². The van der Waals surface area contributed by atoms with Crippen molar-refractivity contribution >= 4 is 6.01 Å². The topological polar surface area (TPSA) is 41.3 Å². The van der Waals surface area contributed by atoms with Crippen LogP contribution in [0.25, 0.3) is 0 Å². The van der Waals surface area contributed by atoms with Gasteiger partial charge < -0.3 is 14.6 Å². The van der Waals surface area contributed by atoms with Gasteiger partial charge in [-0.3, -0.25) is 0 Å². The summed E-state index contributed by atoms with van der Waals surface area (Å²) in [6.45, 7) is 3.99. The van der Waals surface area contributed by atoms with Crippen molar-refractivity contribution in [2.75, 3.05) is 11.4 Å².